The third-order valence-corrected chi connectivity index (χ3v) is 2.96. The van der Waals surface area contributed by atoms with E-state index in [2.05, 4.69) is 21.2 Å². The average molecular weight is 390 g/mol. The highest BCUT2D eigenvalue weighted by Gasteiger charge is 1.97. The van der Waals surface area contributed by atoms with E-state index in [9.17, 15) is 4.79 Å². The zero-order valence-corrected chi connectivity index (χ0v) is 15.0. The summed E-state index contributed by atoms with van der Waals surface area (Å²) < 4.78 is 21.5. The van der Waals surface area contributed by atoms with Crippen molar-refractivity contribution in [3.63, 3.8) is 0 Å². The summed E-state index contributed by atoms with van der Waals surface area (Å²) in [5.41, 5.74) is 0.748. The Bertz CT molecular complexity index is 427. The van der Waals surface area contributed by atoms with Gasteiger partial charge in [-0.1, -0.05) is 15.9 Å². The molecule has 130 valence electrons. The summed E-state index contributed by atoms with van der Waals surface area (Å²) >= 11 is 3.28. The summed E-state index contributed by atoms with van der Waals surface area (Å²) in [7, 11) is 0. The molecule has 1 N–H and O–H groups in total. The minimum Gasteiger partial charge on any atom is -0.491 e. The van der Waals surface area contributed by atoms with Crippen molar-refractivity contribution in [3.8, 4) is 5.75 Å². The first-order chi connectivity index (χ1) is 11.2. The summed E-state index contributed by atoms with van der Waals surface area (Å²) in [6.45, 7) is 5.39. The molecule has 0 heterocycles. The quantitative estimate of drug-likeness (QED) is 0.414. The molecule has 0 aromatic heterocycles. The van der Waals surface area contributed by atoms with Crippen LogP contribution in [0.4, 0.5) is 5.69 Å². The van der Waals surface area contributed by atoms with Crippen LogP contribution in [-0.4, -0.2) is 57.5 Å². The Morgan fingerprint density at radius 1 is 0.913 bits per heavy atom. The maximum absolute atomic E-state index is 10.9. The van der Waals surface area contributed by atoms with Gasteiger partial charge in [-0.3, -0.25) is 4.79 Å². The molecular formula is C16H24BrNO5. The number of amides is 1. The average Bonchev–Trinajstić information content (AvgIpc) is 2.53. The van der Waals surface area contributed by atoms with Crippen LogP contribution in [0.2, 0.25) is 0 Å². The van der Waals surface area contributed by atoms with E-state index in [1.165, 1.54) is 6.92 Å². The highest BCUT2D eigenvalue weighted by molar-refractivity contribution is 9.09. The molecule has 23 heavy (non-hydrogen) atoms. The smallest absolute Gasteiger partial charge is 0.221 e. The maximum atomic E-state index is 10.9. The van der Waals surface area contributed by atoms with Gasteiger partial charge in [0.15, 0.2) is 0 Å². The van der Waals surface area contributed by atoms with E-state index in [1.807, 2.05) is 0 Å². The molecule has 0 bridgehead atoms. The molecule has 0 fully saturated rings. The fourth-order valence-corrected chi connectivity index (χ4v) is 1.88. The highest BCUT2D eigenvalue weighted by Crippen LogP contribution is 2.15. The number of nitrogens with one attached hydrogen (secondary N) is 1. The van der Waals surface area contributed by atoms with E-state index in [0.717, 1.165) is 16.8 Å². The first-order valence-corrected chi connectivity index (χ1v) is 8.64. The van der Waals surface area contributed by atoms with Crippen molar-refractivity contribution in [2.45, 2.75) is 6.92 Å². The molecule has 1 rings (SSSR count). The highest BCUT2D eigenvalue weighted by atomic mass is 79.9. The standard InChI is InChI=1S/C16H24BrNO5/c1-14(19)18-15-2-4-16(5-3-15)23-13-12-22-11-10-21-9-8-20-7-6-17/h2-5H,6-13H2,1H3,(H,18,19). The molecule has 0 atom stereocenters. The van der Waals surface area contributed by atoms with Gasteiger partial charge >= 0.3 is 0 Å². The summed E-state index contributed by atoms with van der Waals surface area (Å²) in [5, 5.41) is 3.54. The van der Waals surface area contributed by atoms with Crippen LogP contribution >= 0.6 is 15.9 Å². The fourth-order valence-electron chi connectivity index (χ4n) is 1.65. The predicted octanol–water partition coefficient (Wildman–Crippen LogP) is 2.47. The third kappa shape index (κ3) is 11.1. The number of benzene rings is 1. The molecule has 0 spiro atoms. The number of anilines is 1. The Morgan fingerprint density at radius 3 is 1.96 bits per heavy atom. The summed E-state index contributed by atoms with van der Waals surface area (Å²) in [4.78, 5) is 10.9. The molecule has 1 aromatic carbocycles. The lowest BCUT2D eigenvalue weighted by Gasteiger charge is -2.09. The predicted molar refractivity (Wildman–Crippen MR) is 92.5 cm³/mol. The van der Waals surface area contributed by atoms with Crippen molar-refractivity contribution in [1.82, 2.24) is 0 Å². The Hall–Kier alpha value is -1.15. The molecule has 0 unspecified atom stereocenters. The number of ether oxygens (including phenoxy) is 4. The second-order valence-electron chi connectivity index (χ2n) is 4.58. The van der Waals surface area contributed by atoms with Crippen LogP contribution in [0, 0.1) is 0 Å². The fraction of sp³-hybridized carbons (Fsp3) is 0.562. The SMILES string of the molecule is CC(=O)Nc1ccc(OCCOCCOCCOCCBr)cc1. The van der Waals surface area contributed by atoms with Gasteiger partial charge in [0.25, 0.3) is 0 Å². The van der Waals surface area contributed by atoms with E-state index >= 15 is 0 Å². The summed E-state index contributed by atoms with van der Waals surface area (Å²) in [6, 6.07) is 7.20. The molecule has 0 saturated carbocycles. The molecule has 0 aliphatic rings. The molecule has 6 nitrogen and oxygen atoms in total. The molecule has 0 aliphatic heterocycles. The van der Waals surface area contributed by atoms with Gasteiger partial charge in [-0.2, -0.15) is 0 Å². The van der Waals surface area contributed by atoms with Crippen molar-refractivity contribution in [1.29, 1.82) is 0 Å². The lowest BCUT2D eigenvalue weighted by molar-refractivity contribution is -0.114. The maximum Gasteiger partial charge on any atom is 0.221 e. The zero-order chi connectivity index (χ0) is 16.8. The van der Waals surface area contributed by atoms with Crippen LogP contribution in [-0.2, 0) is 19.0 Å². The summed E-state index contributed by atoms with van der Waals surface area (Å²) in [6.07, 6.45) is 0. The van der Waals surface area contributed by atoms with Crippen LogP contribution in [0.25, 0.3) is 0 Å². The first kappa shape index (κ1) is 19.9. The van der Waals surface area contributed by atoms with E-state index in [1.54, 1.807) is 24.3 Å². The number of carbonyl (C=O) groups is 1. The van der Waals surface area contributed by atoms with Gasteiger partial charge in [0.2, 0.25) is 5.91 Å². The van der Waals surface area contributed by atoms with Crippen molar-refractivity contribution in [2.75, 3.05) is 56.9 Å². The van der Waals surface area contributed by atoms with Gasteiger partial charge in [-0.25, -0.2) is 0 Å². The lowest BCUT2D eigenvalue weighted by atomic mass is 10.3. The Labute approximate surface area is 145 Å². The molecular weight excluding hydrogens is 366 g/mol. The number of hydrogen-bond acceptors (Lipinski definition) is 5. The topological polar surface area (TPSA) is 66.0 Å². The normalized spacial score (nSPS) is 10.5. The molecule has 7 heteroatoms. The molecule has 0 saturated heterocycles. The number of halogens is 1. The molecule has 1 amide bonds. The van der Waals surface area contributed by atoms with Gasteiger partial charge in [-0.15, -0.1) is 0 Å². The van der Waals surface area contributed by atoms with Gasteiger partial charge in [-0.05, 0) is 24.3 Å². The second kappa shape index (κ2) is 13.3. The van der Waals surface area contributed by atoms with Crippen LogP contribution < -0.4 is 10.1 Å². The monoisotopic (exact) mass is 389 g/mol. The van der Waals surface area contributed by atoms with Crippen molar-refractivity contribution in [3.05, 3.63) is 24.3 Å². The van der Waals surface area contributed by atoms with Crippen LogP contribution in [0.5, 0.6) is 5.75 Å². The van der Waals surface area contributed by atoms with Crippen molar-refractivity contribution in [2.24, 2.45) is 0 Å². The van der Waals surface area contributed by atoms with E-state index in [4.69, 9.17) is 18.9 Å². The second-order valence-corrected chi connectivity index (χ2v) is 5.37. The van der Waals surface area contributed by atoms with E-state index < -0.39 is 0 Å². The van der Waals surface area contributed by atoms with Crippen LogP contribution in [0.15, 0.2) is 24.3 Å². The van der Waals surface area contributed by atoms with Gasteiger partial charge in [0.1, 0.15) is 12.4 Å². The Kier molecular flexibility index (Phi) is 11.5. The van der Waals surface area contributed by atoms with Crippen molar-refractivity contribution < 1.29 is 23.7 Å². The molecule has 0 radical (unpaired) electrons. The first-order valence-electron chi connectivity index (χ1n) is 7.52. The molecule has 0 aliphatic carbocycles. The van der Waals surface area contributed by atoms with Gasteiger partial charge in [0.05, 0.1) is 39.6 Å². The Balaban J connectivity index is 1.95. The minimum absolute atomic E-state index is 0.0935. The lowest BCUT2D eigenvalue weighted by Crippen LogP contribution is -2.13. The number of alkyl halides is 1. The largest absolute Gasteiger partial charge is 0.491 e. The van der Waals surface area contributed by atoms with Gasteiger partial charge < -0.3 is 24.3 Å². The van der Waals surface area contributed by atoms with E-state index in [-0.39, 0.29) is 5.91 Å². The molecule has 1 aromatic rings. The van der Waals surface area contributed by atoms with Crippen LogP contribution in [0.3, 0.4) is 0 Å². The van der Waals surface area contributed by atoms with Crippen LogP contribution in [0.1, 0.15) is 6.92 Å². The number of hydrogen-bond donors (Lipinski definition) is 1. The number of carbonyl (C=O) groups excluding carboxylic acids is 1. The van der Waals surface area contributed by atoms with Crippen molar-refractivity contribution >= 4 is 27.5 Å². The third-order valence-electron chi connectivity index (χ3n) is 2.64. The van der Waals surface area contributed by atoms with Gasteiger partial charge in [0, 0.05) is 17.9 Å². The zero-order valence-electron chi connectivity index (χ0n) is 13.4. The Morgan fingerprint density at radius 2 is 1.43 bits per heavy atom. The number of rotatable bonds is 13. The summed E-state index contributed by atoms with van der Waals surface area (Å²) in [5.74, 6) is 0.645. The minimum atomic E-state index is -0.0935. The van der Waals surface area contributed by atoms with E-state index in [0.29, 0.717) is 46.2 Å².